The summed E-state index contributed by atoms with van der Waals surface area (Å²) in [6, 6.07) is 7.79. The van der Waals surface area contributed by atoms with Crippen molar-refractivity contribution in [3.8, 4) is 5.75 Å². The van der Waals surface area contributed by atoms with E-state index in [0.717, 1.165) is 17.6 Å². The molecule has 0 aromatic heterocycles. The van der Waals surface area contributed by atoms with Gasteiger partial charge in [0.2, 0.25) is 0 Å². The zero-order chi connectivity index (χ0) is 9.10. The first-order valence-corrected chi connectivity index (χ1v) is 4.27. The van der Waals surface area contributed by atoms with Gasteiger partial charge >= 0.3 is 0 Å². The van der Waals surface area contributed by atoms with Gasteiger partial charge in [-0.1, -0.05) is 24.3 Å². The van der Waals surface area contributed by atoms with Crippen molar-refractivity contribution in [2.75, 3.05) is 0 Å². The third-order valence-corrected chi connectivity index (χ3v) is 2.02. The molecule has 1 aromatic rings. The highest BCUT2D eigenvalue weighted by atomic mass is 16.5. The Morgan fingerprint density at radius 1 is 1.38 bits per heavy atom. The second kappa shape index (κ2) is 3.44. The third kappa shape index (κ3) is 1.61. The van der Waals surface area contributed by atoms with Crippen molar-refractivity contribution in [3.63, 3.8) is 0 Å². The molecule has 2 heteroatoms. The lowest BCUT2D eigenvalue weighted by molar-refractivity contribution is -0.108. The van der Waals surface area contributed by atoms with Crippen molar-refractivity contribution in [2.24, 2.45) is 0 Å². The predicted octanol–water partition coefficient (Wildman–Crippen LogP) is 2.05. The SMILES string of the molecule is O=CCC1C=Cc2ccccc2O1. The van der Waals surface area contributed by atoms with E-state index < -0.39 is 0 Å². The number of carbonyl (C=O) groups is 1. The van der Waals surface area contributed by atoms with Crippen LogP contribution in [0.1, 0.15) is 12.0 Å². The van der Waals surface area contributed by atoms with E-state index in [9.17, 15) is 4.79 Å². The Hall–Kier alpha value is -1.57. The van der Waals surface area contributed by atoms with Gasteiger partial charge in [0.1, 0.15) is 18.1 Å². The van der Waals surface area contributed by atoms with Gasteiger partial charge in [0.15, 0.2) is 0 Å². The van der Waals surface area contributed by atoms with Crippen LogP contribution in [0.15, 0.2) is 30.3 Å². The predicted molar refractivity (Wildman–Crippen MR) is 50.6 cm³/mol. The summed E-state index contributed by atoms with van der Waals surface area (Å²) in [7, 11) is 0. The van der Waals surface area contributed by atoms with Crippen LogP contribution in [0.3, 0.4) is 0 Å². The van der Waals surface area contributed by atoms with Crippen LogP contribution >= 0.6 is 0 Å². The van der Waals surface area contributed by atoms with Crippen molar-refractivity contribution < 1.29 is 9.53 Å². The van der Waals surface area contributed by atoms with E-state index in [4.69, 9.17) is 4.74 Å². The summed E-state index contributed by atoms with van der Waals surface area (Å²) in [5.41, 5.74) is 1.07. The molecule has 0 aliphatic carbocycles. The number of hydrogen-bond donors (Lipinski definition) is 0. The Balaban J connectivity index is 2.23. The lowest BCUT2D eigenvalue weighted by Crippen LogP contribution is -2.16. The van der Waals surface area contributed by atoms with E-state index in [1.54, 1.807) is 0 Å². The first-order valence-electron chi connectivity index (χ1n) is 4.27. The van der Waals surface area contributed by atoms with Crippen LogP contribution in [-0.2, 0) is 4.79 Å². The van der Waals surface area contributed by atoms with Crippen LogP contribution in [0.25, 0.3) is 6.08 Å². The lowest BCUT2D eigenvalue weighted by Gasteiger charge is -2.19. The minimum Gasteiger partial charge on any atom is -0.485 e. The van der Waals surface area contributed by atoms with Crippen molar-refractivity contribution >= 4 is 12.4 Å². The number of aldehydes is 1. The smallest absolute Gasteiger partial charge is 0.127 e. The van der Waals surface area contributed by atoms with Gasteiger partial charge in [0, 0.05) is 12.0 Å². The summed E-state index contributed by atoms with van der Waals surface area (Å²) >= 11 is 0. The van der Waals surface area contributed by atoms with Crippen LogP contribution in [-0.4, -0.2) is 12.4 Å². The monoisotopic (exact) mass is 174 g/mol. The quantitative estimate of drug-likeness (QED) is 0.641. The maximum atomic E-state index is 10.3. The van der Waals surface area contributed by atoms with Crippen molar-refractivity contribution in [1.82, 2.24) is 0 Å². The molecule has 1 heterocycles. The molecule has 0 fully saturated rings. The fourth-order valence-corrected chi connectivity index (χ4v) is 1.36. The fraction of sp³-hybridized carbons (Fsp3) is 0.182. The molecule has 1 aromatic carbocycles. The van der Waals surface area contributed by atoms with Crippen LogP contribution < -0.4 is 4.74 Å². The molecule has 1 aliphatic heterocycles. The largest absolute Gasteiger partial charge is 0.485 e. The normalized spacial score (nSPS) is 18.9. The number of hydrogen-bond acceptors (Lipinski definition) is 2. The minimum absolute atomic E-state index is 0.0904. The van der Waals surface area contributed by atoms with Crippen molar-refractivity contribution in [3.05, 3.63) is 35.9 Å². The van der Waals surface area contributed by atoms with E-state index in [-0.39, 0.29) is 6.10 Å². The molecule has 1 unspecified atom stereocenters. The van der Waals surface area contributed by atoms with E-state index in [2.05, 4.69) is 0 Å². The molecule has 66 valence electrons. The Kier molecular flexibility index (Phi) is 2.13. The molecule has 0 N–H and O–H groups in total. The van der Waals surface area contributed by atoms with Crippen LogP contribution in [0.4, 0.5) is 0 Å². The van der Waals surface area contributed by atoms with Crippen LogP contribution in [0.5, 0.6) is 5.75 Å². The van der Waals surface area contributed by atoms with Gasteiger partial charge < -0.3 is 9.53 Å². The molecule has 2 nitrogen and oxygen atoms in total. The van der Waals surface area contributed by atoms with Crippen LogP contribution in [0, 0.1) is 0 Å². The maximum Gasteiger partial charge on any atom is 0.127 e. The molecule has 0 bridgehead atoms. The second-order valence-electron chi connectivity index (χ2n) is 2.96. The second-order valence-corrected chi connectivity index (χ2v) is 2.96. The van der Waals surface area contributed by atoms with Gasteiger partial charge in [-0.3, -0.25) is 0 Å². The summed E-state index contributed by atoms with van der Waals surface area (Å²) in [4.78, 5) is 10.3. The molecule has 0 saturated heterocycles. The highest BCUT2D eigenvalue weighted by Gasteiger charge is 2.12. The molecule has 1 atom stereocenters. The molecule has 2 rings (SSSR count). The van der Waals surface area contributed by atoms with Gasteiger partial charge in [0.25, 0.3) is 0 Å². The molecule has 0 spiro atoms. The summed E-state index contributed by atoms with van der Waals surface area (Å²) < 4.78 is 5.55. The fourth-order valence-electron chi connectivity index (χ4n) is 1.36. The van der Waals surface area contributed by atoms with Crippen molar-refractivity contribution in [1.29, 1.82) is 0 Å². The number of rotatable bonds is 2. The minimum atomic E-state index is -0.0904. The average Bonchev–Trinajstić information content (AvgIpc) is 2.18. The first-order chi connectivity index (χ1) is 6.40. The van der Waals surface area contributed by atoms with Crippen LogP contribution in [0.2, 0.25) is 0 Å². The zero-order valence-electron chi connectivity index (χ0n) is 7.14. The van der Waals surface area contributed by atoms with Gasteiger partial charge in [-0.25, -0.2) is 0 Å². The summed E-state index contributed by atoms with van der Waals surface area (Å²) in [5, 5.41) is 0. The van der Waals surface area contributed by atoms with E-state index in [1.807, 2.05) is 36.4 Å². The number of ether oxygens (including phenoxy) is 1. The van der Waals surface area contributed by atoms with E-state index in [0.29, 0.717) is 6.42 Å². The van der Waals surface area contributed by atoms with Crippen molar-refractivity contribution in [2.45, 2.75) is 12.5 Å². The molecule has 0 saturated carbocycles. The first kappa shape index (κ1) is 8.05. The molecule has 13 heavy (non-hydrogen) atoms. The number of carbonyl (C=O) groups excluding carboxylic acids is 1. The molecule has 1 aliphatic rings. The Morgan fingerprint density at radius 2 is 2.23 bits per heavy atom. The van der Waals surface area contributed by atoms with E-state index in [1.165, 1.54) is 0 Å². The van der Waals surface area contributed by atoms with Gasteiger partial charge in [0.05, 0.1) is 0 Å². The summed E-state index contributed by atoms with van der Waals surface area (Å²) in [6.07, 6.45) is 5.12. The van der Waals surface area contributed by atoms with Gasteiger partial charge in [-0.2, -0.15) is 0 Å². The lowest BCUT2D eigenvalue weighted by atomic mass is 10.1. The number of fused-ring (bicyclic) bond motifs is 1. The topological polar surface area (TPSA) is 26.3 Å². The third-order valence-electron chi connectivity index (χ3n) is 2.02. The van der Waals surface area contributed by atoms with Gasteiger partial charge in [-0.15, -0.1) is 0 Å². The highest BCUT2D eigenvalue weighted by Crippen LogP contribution is 2.25. The zero-order valence-corrected chi connectivity index (χ0v) is 7.14. The Labute approximate surface area is 76.8 Å². The Morgan fingerprint density at radius 3 is 3.08 bits per heavy atom. The number of benzene rings is 1. The molecular weight excluding hydrogens is 164 g/mol. The molecule has 0 amide bonds. The number of para-hydroxylation sites is 1. The maximum absolute atomic E-state index is 10.3. The van der Waals surface area contributed by atoms with E-state index >= 15 is 0 Å². The van der Waals surface area contributed by atoms with Gasteiger partial charge in [-0.05, 0) is 12.1 Å². The average molecular weight is 174 g/mol. The molecular formula is C11H10O2. The standard InChI is InChI=1S/C11H10O2/c12-8-7-10-6-5-9-3-1-2-4-11(9)13-10/h1-6,8,10H,7H2. The summed E-state index contributed by atoms with van der Waals surface area (Å²) in [5.74, 6) is 0.858. The summed E-state index contributed by atoms with van der Waals surface area (Å²) in [6.45, 7) is 0. The Bertz CT molecular complexity index is 342. The molecule has 0 radical (unpaired) electrons. The highest BCUT2D eigenvalue weighted by molar-refractivity contribution is 5.61.